The summed E-state index contributed by atoms with van der Waals surface area (Å²) >= 11 is 0. The van der Waals surface area contributed by atoms with Crippen LogP contribution in [0.3, 0.4) is 0 Å². The highest BCUT2D eigenvalue weighted by Gasteiger charge is 2.09. The summed E-state index contributed by atoms with van der Waals surface area (Å²) in [5.41, 5.74) is 10.6. The summed E-state index contributed by atoms with van der Waals surface area (Å²) in [7, 11) is 0. The Bertz CT molecular complexity index is 684. The second-order valence-electron chi connectivity index (χ2n) is 6.12. The van der Waals surface area contributed by atoms with Gasteiger partial charge < -0.3 is 15.8 Å². The second-order valence-corrected chi connectivity index (χ2v) is 6.12. The van der Waals surface area contributed by atoms with E-state index < -0.39 is 0 Å². The van der Waals surface area contributed by atoms with E-state index >= 15 is 0 Å². The third-order valence-corrected chi connectivity index (χ3v) is 4.10. The predicted octanol–water partition coefficient (Wildman–Crippen LogP) is 3.20. The van der Waals surface area contributed by atoms with Gasteiger partial charge in [0.05, 0.1) is 13.0 Å². The van der Waals surface area contributed by atoms with Crippen LogP contribution in [0.1, 0.15) is 34.7 Å². The molecule has 0 aromatic heterocycles. The first-order valence-electron chi connectivity index (χ1n) is 8.25. The smallest absolute Gasteiger partial charge is 0.223 e. The molecule has 0 radical (unpaired) electrons. The fourth-order valence-electron chi connectivity index (χ4n) is 2.53. The third-order valence-electron chi connectivity index (χ3n) is 4.10. The average molecular weight is 326 g/mol. The minimum absolute atomic E-state index is 0.0524. The molecule has 0 aliphatic heterocycles. The lowest BCUT2D eigenvalue weighted by Gasteiger charge is -2.14. The van der Waals surface area contributed by atoms with Crippen LogP contribution in [-0.4, -0.2) is 19.1 Å². The Morgan fingerprint density at radius 1 is 1.17 bits per heavy atom. The number of carbonyl (C=O) groups excluding carboxylic acids is 1. The predicted molar refractivity (Wildman–Crippen MR) is 97.1 cm³/mol. The van der Waals surface area contributed by atoms with E-state index in [0.29, 0.717) is 19.6 Å². The lowest BCUT2D eigenvalue weighted by atomic mass is 10.1. The fraction of sp³-hybridized carbons (Fsp3) is 0.350. The van der Waals surface area contributed by atoms with Crippen molar-refractivity contribution in [3.05, 3.63) is 64.7 Å². The Morgan fingerprint density at radius 3 is 2.58 bits per heavy atom. The Kier molecular flexibility index (Phi) is 6.38. The molecule has 0 fully saturated rings. The second kappa shape index (κ2) is 8.50. The SMILES string of the molecule is Cc1cc(C)c(C)c(OCCC(=O)NCC(N)c2ccccc2)c1. The van der Waals surface area contributed by atoms with Gasteiger partial charge in [0.1, 0.15) is 5.75 Å². The summed E-state index contributed by atoms with van der Waals surface area (Å²) in [5.74, 6) is 0.796. The maximum atomic E-state index is 11.9. The number of carbonyl (C=O) groups is 1. The summed E-state index contributed by atoms with van der Waals surface area (Å²) in [6.07, 6.45) is 0.313. The number of nitrogens with one attached hydrogen (secondary N) is 1. The van der Waals surface area contributed by atoms with Crippen molar-refractivity contribution >= 4 is 5.91 Å². The van der Waals surface area contributed by atoms with Crippen LogP contribution in [-0.2, 0) is 4.79 Å². The minimum Gasteiger partial charge on any atom is -0.493 e. The molecule has 24 heavy (non-hydrogen) atoms. The van der Waals surface area contributed by atoms with Gasteiger partial charge in [-0.3, -0.25) is 4.79 Å². The van der Waals surface area contributed by atoms with Crippen molar-refractivity contribution in [3.63, 3.8) is 0 Å². The average Bonchev–Trinajstić information content (AvgIpc) is 2.57. The first-order valence-corrected chi connectivity index (χ1v) is 8.25. The van der Waals surface area contributed by atoms with Gasteiger partial charge in [0.25, 0.3) is 0 Å². The number of benzene rings is 2. The van der Waals surface area contributed by atoms with Crippen LogP contribution < -0.4 is 15.8 Å². The zero-order chi connectivity index (χ0) is 17.5. The minimum atomic E-state index is -0.197. The maximum absolute atomic E-state index is 11.9. The normalized spacial score (nSPS) is 11.8. The molecule has 1 atom stereocenters. The molecule has 1 amide bonds. The summed E-state index contributed by atoms with van der Waals surface area (Å²) in [6.45, 7) is 6.91. The Hall–Kier alpha value is -2.33. The molecule has 0 saturated heterocycles. The molecule has 0 aliphatic carbocycles. The third kappa shape index (κ3) is 5.10. The number of hydrogen-bond acceptors (Lipinski definition) is 3. The van der Waals surface area contributed by atoms with Crippen LogP contribution in [0.5, 0.6) is 5.75 Å². The van der Waals surface area contributed by atoms with Gasteiger partial charge in [-0.15, -0.1) is 0 Å². The molecule has 0 saturated carbocycles. The number of aryl methyl sites for hydroxylation is 2. The van der Waals surface area contributed by atoms with Gasteiger partial charge in [-0.1, -0.05) is 36.4 Å². The van der Waals surface area contributed by atoms with Gasteiger partial charge in [-0.25, -0.2) is 0 Å². The zero-order valence-corrected chi connectivity index (χ0v) is 14.6. The van der Waals surface area contributed by atoms with E-state index in [4.69, 9.17) is 10.5 Å². The Balaban J connectivity index is 1.76. The van der Waals surface area contributed by atoms with Crippen molar-refractivity contribution in [1.82, 2.24) is 5.32 Å². The topological polar surface area (TPSA) is 64.3 Å². The van der Waals surface area contributed by atoms with Crippen LogP contribution in [0.15, 0.2) is 42.5 Å². The van der Waals surface area contributed by atoms with Gasteiger partial charge in [0, 0.05) is 12.6 Å². The zero-order valence-electron chi connectivity index (χ0n) is 14.6. The van der Waals surface area contributed by atoms with Crippen LogP contribution >= 0.6 is 0 Å². The molecular formula is C20H26N2O2. The maximum Gasteiger partial charge on any atom is 0.223 e. The largest absolute Gasteiger partial charge is 0.493 e. The van der Waals surface area contributed by atoms with Gasteiger partial charge >= 0.3 is 0 Å². The van der Waals surface area contributed by atoms with E-state index in [2.05, 4.69) is 18.3 Å². The Morgan fingerprint density at radius 2 is 1.88 bits per heavy atom. The molecule has 128 valence electrons. The number of ether oxygens (including phenoxy) is 1. The van der Waals surface area contributed by atoms with Gasteiger partial charge in [-0.2, -0.15) is 0 Å². The van der Waals surface area contributed by atoms with Gasteiger partial charge in [0.2, 0.25) is 5.91 Å². The number of amides is 1. The van der Waals surface area contributed by atoms with Gasteiger partial charge in [-0.05, 0) is 49.1 Å². The molecule has 2 rings (SSSR count). The van der Waals surface area contributed by atoms with Crippen molar-refractivity contribution in [2.24, 2.45) is 5.73 Å². The van der Waals surface area contributed by atoms with Crippen LogP contribution in [0.4, 0.5) is 0 Å². The number of rotatable bonds is 7. The van der Waals surface area contributed by atoms with Gasteiger partial charge in [0.15, 0.2) is 0 Å². The molecule has 4 nitrogen and oxygen atoms in total. The van der Waals surface area contributed by atoms with E-state index in [0.717, 1.165) is 22.4 Å². The molecule has 4 heteroatoms. The van der Waals surface area contributed by atoms with E-state index in [1.165, 1.54) is 5.56 Å². The van der Waals surface area contributed by atoms with Crippen molar-refractivity contribution in [3.8, 4) is 5.75 Å². The highest BCUT2D eigenvalue weighted by Crippen LogP contribution is 2.23. The van der Waals surface area contributed by atoms with Crippen LogP contribution in [0.25, 0.3) is 0 Å². The lowest BCUT2D eigenvalue weighted by Crippen LogP contribution is -2.32. The van der Waals surface area contributed by atoms with Crippen molar-refractivity contribution < 1.29 is 9.53 Å². The number of nitrogens with two attached hydrogens (primary N) is 1. The van der Waals surface area contributed by atoms with Crippen molar-refractivity contribution in [2.75, 3.05) is 13.2 Å². The van der Waals surface area contributed by atoms with E-state index in [-0.39, 0.29) is 11.9 Å². The van der Waals surface area contributed by atoms with Crippen molar-refractivity contribution in [2.45, 2.75) is 33.2 Å². The first-order chi connectivity index (χ1) is 11.5. The molecule has 0 aliphatic rings. The fourth-order valence-corrected chi connectivity index (χ4v) is 2.53. The Labute approximate surface area is 144 Å². The van der Waals surface area contributed by atoms with Crippen LogP contribution in [0, 0.1) is 20.8 Å². The monoisotopic (exact) mass is 326 g/mol. The molecule has 3 N–H and O–H groups in total. The highest BCUT2D eigenvalue weighted by molar-refractivity contribution is 5.76. The molecule has 2 aromatic rings. The quantitative estimate of drug-likeness (QED) is 0.821. The van der Waals surface area contributed by atoms with Crippen molar-refractivity contribution in [1.29, 1.82) is 0 Å². The molecule has 0 bridgehead atoms. The summed E-state index contributed by atoms with van der Waals surface area (Å²) in [5, 5.41) is 2.86. The van der Waals surface area contributed by atoms with E-state index in [1.54, 1.807) is 0 Å². The standard InChI is InChI=1S/C20H26N2O2/c1-14-11-15(2)16(3)19(12-14)24-10-9-20(23)22-13-18(21)17-7-5-4-6-8-17/h4-8,11-12,18H,9-10,13,21H2,1-3H3,(H,22,23). The molecule has 2 aromatic carbocycles. The molecule has 0 heterocycles. The molecule has 1 unspecified atom stereocenters. The summed E-state index contributed by atoms with van der Waals surface area (Å²) in [6, 6.07) is 13.7. The van der Waals surface area contributed by atoms with E-state index in [9.17, 15) is 4.79 Å². The first kappa shape index (κ1) is 18.0. The molecular weight excluding hydrogens is 300 g/mol. The highest BCUT2D eigenvalue weighted by atomic mass is 16.5. The van der Waals surface area contributed by atoms with E-state index in [1.807, 2.05) is 50.2 Å². The van der Waals surface area contributed by atoms with Crippen LogP contribution in [0.2, 0.25) is 0 Å². The summed E-state index contributed by atoms with van der Waals surface area (Å²) < 4.78 is 5.77. The molecule has 0 spiro atoms. The lowest BCUT2D eigenvalue weighted by molar-refractivity contribution is -0.121. The summed E-state index contributed by atoms with van der Waals surface area (Å²) in [4.78, 5) is 11.9. The number of hydrogen-bond donors (Lipinski definition) is 2.